The summed E-state index contributed by atoms with van der Waals surface area (Å²) in [7, 11) is 0. The monoisotopic (exact) mass is 311 g/mol. The molecule has 0 unspecified atom stereocenters. The van der Waals surface area contributed by atoms with Gasteiger partial charge in [-0.1, -0.05) is 13.8 Å². The van der Waals surface area contributed by atoms with E-state index in [9.17, 15) is 4.79 Å². The number of thiazole rings is 1. The van der Waals surface area contributed by atoms with Crippen molar-refractivity contribution in [2.45, 2.75) is 52.2 Å². The van der Waals surface area contributed by atoms with Crippen LogP contribution in [-0.2, 0) is 4.74 Å². The standard InChI is InChI=1S/C15H25N3O2S/c1-5-12(13-16-11(3)9-21-13)17-14(19)18-7-8-20-15(4,6-2)10-18/h9,12H,5-8,10H2,1-4H3,(H,17,19)/t12-,15-/m0/s1. The van der Waals surface area contributed by atoms with Crippen LogP contribution in [0, 0.1) is 6.92 Å². The third-order valence-electron chi connectivity index (χ3n) is 4.01. The van der Waals surface area contributed by atoms with E-state index in [1.54, 1.807) is 11.3 Å². The molecular weight excluding hydrogens is 286 g/mol. The van der Waals surface area contributed by atoms with Gasteiger partial charge in [0.1, 0.15) is 5.01 Å². The maximum Gasteiger partial charge on any atom is 0.318 e. The van der Waals surface area contributed by atoms with E-state index in [4.69, 9.17) is 4.74 Å². The topological polar surface area (TPSA) is 54.5 Å². The summed E-state index contributed by atoms with van der Waals surface area (Å²) in [5.41, 5.74) is 0.780. The Balaban J connectivity index is 1.99. The van der Waals surface area contributed by atoms with Gasteiger partial charge in [-0.25, -0.2) is 9.78 Å². The van der Waals surface area contributed by atoms with Gasteiger partial charge in [-0.05, 0) is 26.7 Å². The summed E-state index contributed by atoms with van der Waals surface area (Å²) in [6.45, 7) is 10.1. The first-order chi connectivity index (χ1) is 9.97. The molecular formula is C15H25N3O2S. The molecule has 1 N–H and O–H groups in total. The molecule has 0 spiro atoms. The van der Waals surface area contributed by atoms with Crippen LogP contribution in [0.15, 0.2) is 5.38 Å². The molecule has 0 saturated carbocycles. The number of nitrogens with zero attached hydrogens (tertiary/aromatic N) is 2. The van der Waals surface area contributed by atoms with E-state index in [1.165, 1.54) is 0 Å². The van der Waals surface area contributed by atoms with Gasteiger partial charge in [0.25, 0.3) is 0 Å². The Morgan fingerprint density at radius 3 is 2.95 bits per heavy atom. The third-order valence-corrected chi connectivity index (χ3v) is 5.09. The Morgan fingerprint density at radius 1 is 1.62 bits per heavy atom. The first-order valence-electron chi connectivity index (χ1n) is 7.59. The zero-order chi connectivity index (χ0) is 15.5. The quantitative estimate of drug-likeness (QED) is 0.929. The Kier molecular flexibility index (Phi) is 5.22. The molecule has 1 aromatic rings. The second kappa shape index (κ2) is 6.75. The number of hydrogen-bond donors (Lipinski definition) is 1. The van der Waals surface area contributed by atoms with Crippen LogP contribution in [0.3, 0.4) is 0 Å². The zero-order valence-corrected chi connectivity index (χ0v) is 14.1. The lowest BCUT2D eigenvalue weighted by Gasteiger charge is -2.40. The second-order valence-electron chi connectivity index (χ2n) is 5.81. The van der Waals surface area contributed by atoms with Crippen molar-refractivity contribution in [2.24, 2.45) is 0 Å². The summed E-state index contributed by atoms with van der Waals surface area (Å²) in [5.74, 6) is 0. The van der Waals surface area contributed by atoms with Gasteiger partial charge in [0.05, 0.1) is 24.8 Å². The molecule has 6 heteroatoms. The van der Waals surface area contributed by atoms with E-state index in [2.05, 4.69) is 31.1 Å². The van der Waals surface area contributed by atoms with Crippen molar-refractivity contribution >= 4 is 17.4 Å². The number of aromatic nitrogens is 1. The number of nitrogens with one attached hydrogen (secondary N) is 1. The van der Waals surface area contributed by atoms with Crippen molar-refractivity contribution in [1.29, 1.82) is 0 Å². The van der Waals surface area contributed by atoms with Crippen molar-refractivity contribution < 1.29 is 9.53 Å². The highest BCUT2D eigenvalue weighted by atomic mass is 32.1. The number of carbonyl (C=O) groups excluding carboxylic acids is 1. The maximum atomic E-state index is 12.5. The van der Waals surface area contributed by atoms with Crippen LogP contribution in [0.1, 0.15) is 50.4 Å². The van der Waals surface area contributed by atoms with E-state index in [0.29, 0.717) is 19.7 Å². The third kappa shape index (κ3) is 3.95. The van der Waals surface area contributed by atoms with Gasteiger partial charge in [0.2, 0.25) is 0 Å². The number of aryl methyl sites for hydroxylation is 1. The zero-order valence-electron chi connectivity index (χ0n) is 13.3. The largest absolute Gasteiger partial charge is 0.372 e. The summed E-state index contributed by atoms with van der Waals surface area (Å²) in [4.78, 5) is 18.8. The Hall–Kier alpha value is -1.14. The summed E-state index contributed by atoms with van der Waals surface area (Å²) in [6, 6.07) is -0.0235. The van der Waals surface area contributed by atoms with Gasteiger partial charge < -0.3 is 15.0 Å². The van der Waals surface area contributed by atoms with Crippen LogP contribution in [-0.4, -0.2) is 41.2 Å². The van der Waals surface area contributed by atoms with Crippen LogP contribution < -0.4 is 5.32 Å². The summed E-state index contributed by atoms with van der Waals surface area (Å²) in [6.07, 6.45) is 1.74. The molecule has 0 bridgehead atoms. The van der Waals surface area contributed by atoms with Gasteiger partial charge in [-0.15, -0.1) is 11.3 Å². The summed E-state index contributed by atoms with van der Waals surface area (Å²) < 4.78 is 5.78. The fraction of sp³-hybridized carbons (Fsp3) is 0.733. The molecule has 2 rings (SSSR count). The SMILES string of the molecule is CC[C@H](NC(=O)N1CCO[C@@](C)(CC)C1)c1nc(C)cs1. The minimum atomic E-state index is -0.227. The number of amides is 2. The number of urea groups is 1. The fourth-order valence-corrected chi connectivity index (χ4v) is 3.36. The smallest absolute Gasteiger partial charge is 0.318 e. The highest BCUT2D eigenvalue weighted by Crippen LogP contribution is 2.23. The molecule has 2 atom stereocenters. The number of carbonyl (C=O) groups is 1. The van der Waals surface area contributed by atoms with Crippen LogP contribution >= 0.6 is 11.3 Å². The molecule has 5 nitrogen and oxygen atoms in total. The summed E-state index contributed by atoms with van der Waals surface area (Å²) >= 11 is 1.61. The minimum absolute atomic E-state index is 0.00747. The Bertz CT molecular complexity index is 491. The first kappa shape index (κ1) is 16.2. The van der Waals surface area contributed by atoms with E-state index < -0.39 is 0 Å². The van der Waals surface area contributed by atoms with Crippen molar-refractivity contribution in [2.75, 3.05) is 19.7 Å². The highest BCUT2D eigenvalue weighted by Gasteiger charge is 2.33. The van der Waals surface area contributed by atoms with Gasteiger partial charge in [-0.3, -0.25) is 0 Å². The average molecular weight is 311 g/mol. The lowest BCUT2D eigenvalue weighted by atomic mass is 10.0. The molecule has 118 valence electrons. The van der Waals surface area contributed by atoms with Gasteiger partial charge >= 0.3 is 6.03 Å². The van der Waals surface area contributed by atoms with Crippen LogP contribution in [0.4, 0.5) is 4.79 Å². The molecule has 1 saturated heterocycles. The molecule has 0 aromatic carbocycles. The normalized spacial score (nSPS) is 23.9. The molecule has 2 heterocycles. The second-order valence-corrected chi connectivity index (χ2v) is 6.70. The number of ether oxygens (including phenoxy) is 1. The van der Waals surface area contributed by atoms with Crippen LogP contribution in [0.5, 0.6) is 0 Å². The number of hydrogen-bond acceptors (Lipinski definition) is 4. The Labute approximate surface area is 130 Å². The van der Waals surface area contributed by atoms with Gasteiger partial charge in [-0.2, -0.15) is 0 Å². The van der Waals surface area contributed by atoms with Crippen LogP contribution in [0.25, 0.3) is 0 Å². The summed E-state index contributed by atoms with van der Waals surface area (Å²) in [5, 5.41) is 6.11. The van der Waals surface area contributed by atoms with Crippen molar-refractivity contribution in [3.05, 3.63) is 16.1 Å². The number of morpholine rings is 1. The van der Waals surface area contributed by atoms with Crippen molar-refractivity contribution in [1.82, 2.24) is 15.2 Å². The Morgan fingerprint density at radius 2 is 2.38 bits per heavy atom. The molecule has 0 aliphatic carbocycles. The molecule has 21 heavy (non-hydrogen) atoms. The van der Waals surface area contributed by atoms with Gasteiger partial charge in [0, 0.05) is 17.6 Å². The molecule has 1 fully saturated rings. The highest BCUT2D eigenvalue weighted by molar-refractivity contribution is 7.09. The predicted octanol–water partition coefficient (Wildman–Crippen LogP) is 3.11. The lowest BCUT2D eigenvalue weighted by molar-refractivity contribution is -0.0874. The lowest BCUT2D eigenvalue weighted by Crippen LogP contribution is -2.54. The van der Waals surface area contributed by atoms with Crippen molar-refractivity contribution in [3.63, 3.8) is 0 Å². The maximum absolute atomic E-state index is 12.5. The molecule has 1 aliphatic rings. The van der Waals surface area contributed by atoms with E-state index in [0.717, 1.165) is 23.5 Å². The van der Waals surface area contributed by atoms with Gasteiger partial charge in [0.15, 0.2) is 0 Å². The predicted molar refractivity (Wildman–Crippen MR) is 84.6 cm³/mol. The molecule has 1 aliphatic heterocycles. The average Bonchev–Trinajstić information content (AvgIpc) is 2.91. The van der Waals surface area contributed by atoms with E-state index >= 15 is 0 Å². The van der Waals surface area contributed by atoms with Crippen molar-refractivity contribution in [3.8, 4) is 0 Å². The number of rotatable bonds is 4. The molecule has 0 radical (unpaired) electrons. The van der Waals surface area contributed by atoms with Crippen LogP contribution in [0.2, 0.25) is 0 Å². The molecule has 2 amide bonds. The van der Waals surface area contributed by atoms with E-state index in [-0.39, 0.29) is 17.7 Å². The minimum Gasteiger partial charge on any atom is -0.372 e. The van der Waals surface area contributed by atoms with E-state index in [1.807, 2.05) is 17.2 Å². The fourth-order valence-electron chi connectivity index (χ4n) is 2.43. The molecule has 1 aromatic heterocycles. The first-order valence-corrected chi connectivity index (χ1v) is 8.47.